The van der Waals surface area contributed by atoms with Gasteiger partial charge in [-0.2, -0.15) is 0 Å². The van der Waals surface area contributed by atoms with E-state index in [2.05, 4.69) is 5.32 Å². The summed E-state index contributed by atoms with van der Waals surface area (Å²) in [5, 5.41) is 3.12. The minimum atomic E-state index is -0.928. The molecule has 0 saturated heterocycles. The summed E-state index contributed by atoms with van der Waals surface area (Å²) in [7, 11) is 0. The highest BCUT2D eigenvalue weighted by Crippen LogP contribution is 2.32. The third-order valence-electron chi connectivity index (χ3n) is 6.48. The van der Waals surface area contributed by atoms with Gasteiger partial charge in [-0.1, -0.05) is 103 Å². The summed E-state index contributed by atoms with van der Waals surface area (Å²) in [4.78, 5) is 29.4. The average Bonchev–Trinajstić information content (AvgIpc) is 3.52. The Morgan fingerprint density at radius 1 is 0.658 bits per heavy atom. The summed E-state index contributed by atoms with van der Waals surface area (Å²) < 4.78 is 5.48. The van der Waals surface area contributed by atoms with Crippen LogP contribution < -0.4 is 10.2 Å². The zero-order valence-electron chi connectivity index (χ0n) is 21.0. The van der Waals surface area contributed by atoms with Gasteiger partial charge >= 0.3 is 0 Å². The monoisotopic (exact) mass is 500 g/mol. The van der Waals surface area contributed by atoms with Gasteiger partial charge in [0.15, 0.2) is 5.76 Å². The first-order chi connectivity index (χ1) is 18.6. The Labute approximate surface area is 222 Å². The van der Waals surface area contributed by atoms with Crippen molar-refractivity contribution in [2.24, 2.45) is 0 Å². The number of hydrogen-bond donors (Lipinski definition) is 1. The van der Waals surface area contributed by atoms with Gasteiger partial charge in [0.2, 0.25) is 5.91 Å². The van der Waals surface area contributed by atoms with Crippen LogP contribution in [-0.2, 0) is 4.79 Å². The van der Waals surface area contributed by atoms with E-state index in [4.69, 9.17) is 4.42 Å². The summed E-state index contributed by atoms with van der Waals surface area (Å²) in [6, 6.07) is 38.8. The second kappa shape index (κ2) is 11.4. The molecular formula is C33H28N2O3. The minimum Gasteiger partial charge on any atom is -0.459 e. The van der Waals surface area contributed by atoms with E-state index < -0.39 is 11.9 Å². The quantitative estimate of drug-likeness (QED) is 0.245. The van der Waals surface area contributed by atoms with E-state index in [1.807, 2.05) is 122 Å². The number of carbonyl (C=O) groups excluding carboxylic acids is 2. The zero-order valence-corrected chi connectivity index (χ0v) is 21.0. The third-order valence-corrected chi connectivity index (χ3v) is 6.48. The van der Waals surface area contributed by atoms with Gasteiger partial charge in [-0.25, -0.2) is 0 Å². The Kier molecular flexibility index (Phi) is 7.46. The smallest absolute Gasteiger partial charge is 0.294 e. The lowest BCUT2D eigenvalue weighted by Gasteiger charge is -2.32. The summed E-state index contributed by atoms with van der Waals surface area (Å²) in [6.45, 7) is 1.93. The molecule has 5 aromatic rings. The molecule has 0 spiro atoms. The number of anilines is 1. The molecule has 1 heterocycles. The van der Waals surface area contributed by atoms with Crippen molar-refractivity contribution in [2.75, 3.05) is 4.90 Å². The number of rotatable bonds is 8. The molecule has 0 radical (unpaired) electrons. The number of benzene rings is 4. The van der Waals surface area contributed by atoms with Gasteiger partial charge in [0.05, 0.1) is 12.3 Å². The first kappa shape index (κ1) is 24.8. The van der Waals surface area contributed by atoms with Gasteiger partial charge in [-0.05, 0) is 53.4 Å². The van der Waals surface area contributed by atoms with Crippen molar-refractivity contribution < 1.29 is 14.0 Å². The van der Waals surface area contributed by atoms with E-state index in [0.717, 1.165) is 16.7 Å². The van der Waals surface area contributed by atoms with Crippen LogP contribution >= 0.6 is 0 Å². The molecule has 1 aromatic heterocycles. The highest BCUT2D eigenvalue weighted by molar-refractivity contribution is 6.08. The van der Waals surface area contributed by atoms with Crippen molar-refractivity contribution in [3.05, 3.63) is 151 Å². The van der Waals surface area contributed by atoms with Gasteiger partial charge in [-0.15, -0.1) is 0 Å². The number of amides is 2. The fourth-order valence-corrected chi connectivity index (χ4v) is 4.52. The number of carbonyl (C=O) groups is 2. The summed E-state index contributed by atoms with van der Waals surface area (Å²) in [5.74, 6) is -0.541. The Morgan fingerprint density at radius 2 is 1.21 bits per heavy atom. The molecule has 2 atom stereocenters. The summed E-state index contributed by atoms with van der Waals surface area (Å²) in [6.07, 6.45) is 1.46. The van der Waals surface area contributed by atoms with Crippen molar-refractivity contribution in [3.8, 4) is 11.1 Å². The van der Waals surface area contributed by atoms with Gasteiger partial charge < -0.3 is 9.73 Å². The SMILES string of the molecule is C[C@H](NC(=O)[C@@H](c1ccccc1)N(C(=O)c1ccco1)c1ccc(-c2ccccc2)cc1)c1ccccc1. The normalized spacial score (nSPS) is 12.3. The molecule has 4 aromatic carbocycles. The van der Waals surface area contributed by atoms with Crippen molar-refractivity contribution in [1.82, 2.24) is 5.32 Å². The average molecular weight is 501 g/mol. The van der Waals surface area contributed by atoms with Crippen LogP contribution in [-0.4, -0.2) is 11.8 Å². The lowest BCUT2D eigenvalue weighted by Crippen LogP contribution is -2.44. The Morgan fingerprint density at radius 3 is 1.79 bits per heavy atom. The van der Waals surface area contributed by atoms with Crippen molar-refractivity contribution in [3.63, 3.8) is 0 Å². The molecule has 0 unspecified atom stereocenters. The molecule has 0 bridgehead atoms. The third kappa shape index (κ3) is 5.42. The Bertz CT molecular complexity index is 1470. The molecule has 0 aliphatic rings. The Hall–Kier alpha value is -4.90. The van der Waals surface area contributed by atoms with Crippen molar-refractivity contribution in [2.45, 2.75) is 19.0 Å². The van der Waals surface area contributed by atoms with Gasteiger partial charge in [0.25, 0.3) is 5.91 Å². The molecule has 0 aliphatic heterocycles. The lowest BCUT2D eigenvalue weighted by atomic mass is 10.0. The molecule has 5 heteroatoms. The highest BCUT2D eigenvalue weighted by atomic mass is 16.3. The topological polar surface area (TPSA) is 62.6 Å². The molecule has 0 fully saturated rings. The largest absolute Gasteiger partial charge is 0.459 e. The number of nitrogens with zero attached hydrogens (tertiary/aromatic N) is 1. The number of hydrogen-bond acceptors (Lipinski definition) is 3. The van der Waals surface area contributed by atoms with Crippen LogP contribution in [0.5, 0.6) is 0 Å². The van der Waals surface area contributed by atoms with Crippen molar-refractivity contribution >= 4 is 17.5 Å². The van der Waals surface area contributed by atoms with Crippen LogP contribution in [0.3, 0.4) is 0 Å². The van der Waals surface area contributed by atoms with E-state index in [1.54, 1.807) is 12.1 Å². The standard InChI is InChI=1S/C33H28N2O3/c1-24(25-12-5-2-6-13-25)34-32(36)31(28-16-9-4-10-17-28)35(33(37)30-18-11-23-38-30)29-21-19-27(20-22-29)26-14-7-3-8-15-26/h2-24,31H,1H3,(H,34,36)/t24-,31+/m0/s1. The fourth-order valence-electron chi connectivity index (χ4n) is 4.52. The predicted octanol–water partition coefficient (Wildman–Crippen LogP) is 7.21. The molecule has 5 nitrogen and oxygen atoms in total. The first-order valence-corrected chi connectivity index (χ1v) is 12.5. The second-order valence-electron chi connectivity index (χ2n) is 9.02. The molecular weight excluding hydrogens is 472 g/mol. The van der Waals surface area contributed by atoms with E-state index >= 15 is 0 Å². The van der Waals surface area contributed by atoms with Crippen LogP contribution in [0.2, 0.25) is 0 Å². The van der Waals surface area contributed by atoms with E-state index in [0.29, 0.717) is 11.3 Å². The number of furan rings is 1. The van der Waals surface area contributed by atoms with E-state index in [-0.39, 0.29) is 17.7 Å². The maximum atomic E-state index is 14.0. The van der Waals surface area contributed by atoms with E-state index in [9.17, 15) is 9.59 Å². The van der Waals surface area contributed by atoms with Crippen LogP contribution in [0, 0.1) is 0 Å². The van der Waals surface area contributed by atoms with Crippen LogP contribution in [0.25, 0.3) is 11.1 Å². The molecule has 38 heavy (non-hydrogen) atoms. The van der Waals surface area contributed by atoms with Gasteiger partial charge in [0.1, 0.15) is 6.04 Å². The minimum absolute atomic E-state index is 0.155. The molecule has 2 amide bonds. The predicted molar refractivity (Wildman–Crippen MR) is 150 cm³/mol. The Balaban J connectivity index is 1.56. The maximum Gasteiger partial charge on any atom is 0.294 e. The lowest BCUT2D eigenvalue weighted by molar-refractivity contribution is -0.123. The molecule has 0 aliphatic carbocycles. The maximum absolute atomic E-state index is 14.0. The first-order valence-electron chi connectivity index (χ1n) is 12.5. The zero-order chi connectivity index (χ0) is 26.3. The molecule has 1 N–H and O–H groups in total. The molecule has 5 rings (SSSR count). The van der Waals surface area contributed by atoms with Crippen LogP contribution in [0.4, 0.5) is 5.69 Å². The van der Waals surface area contributed by atoms with Crippen LogP contribution in [0.1, 0.15) is 40.7 Å². The van der Waals surface area contributed by atoms with Gasteiger partial charge in [-0.3, -0.25) is 14.5 Å². The van der Waals surface area contributed by atoms with Crippen molar-refractivity contribution in [1.29, 1.82) is 0 Å². The summed E-state index contributed by atoms with van der Waals surface area (Å²) >= 11 is 0. The van der Waals surface area contributed by atoms with E-state index in [1.165, 1.54) is 11.2 Å². The second-order valence-corrected chi connectivity index (χ2v) is 9.02. The summed E-state index contributed by atoms with van der Waals surface area (Å²) in [5.41, 5.74) is 4.33. The molecule has 188 valence electrons. The number of nitrogens with one attached hydrogen (secondary N) is 1. The highest BCUT2D eigenvalue weighted by Gasteiger charge is 2.35. The van der Waals surface area contributed by atoms with Crippen LogP contribution in [0.15, 0.2) is 138 Å². The fraction of sp³-hybridized carbons (Fsp3) is 0.0909. The molecule has 0 saturated carbocycles. The van der Waals surface area contributed by atoms with Gasteiger partial charge in [0, 0.05) is 5.69 Å².